The minimum Gasteiger partial charge on any atom is -0.489 e. The maximum absolute atomic E-state index is 13.0. The summed E-state index contributed by atoms with van der Waals surface area (Å²) >= 11 is 0. The van der Waals surface area contributed by atoms with Gasteiger partial charge in [-0.15, -0.1) is 0 Å². The summed E-state index contributed by atoms with van der Waals surface area (Å²) in [5.74, 6) is -1.14. The summed E-state index contributed by atoms with van der Waals surface area (Å²) in [4.78, 5) is 0. The van der Waals surface area contributed by atoms with Gasteiger partial charge < -0.3 is 10.5 Å². The number of benzene rings is 2. The highest BCUT2D eigenvalue weighted by molar-refractivity contribution is 5.28. The Morgan fingerprint density at radius 1 is 0.944 bits per heavy atom. The first-order valence-corrected chi connectivity index (χ1v) is 5.55. The summed E-state index contributed by atoms with van der Waals surface area (Å²) < 4.78 is 31.3. The van der Waals surface area contributed by atoms with Crippen LogP contribution in [0, 0.1) is 11.6 Å². The van der Waals surface area contributed by atoms with Gasteiger partial charge in [0.25, 0.3) is 0 Å². The first kappa shape index (κ1) is 12.5. The first-order chi connectivity index (χ1) is 8.69. The standard InChI is InChI=1S/C14H13F2NO/c15-12-5-13(16)7-14(6-12)18-9-11-4-2-1-3-10(11)8-17/h1-7H,8-9,17H2. The Bertz CT molecular complexity index is 523. The normalized spacial score (nSPS) is 10.4. The molecule has 0 radical (unpaired) electrons. The maximum Gasteiger partial charge on any atom is 0.129 e. The zero-order chi connectivity index (χ0) is 13.0. The number of hydrogen-bond donors (Lipinski definition) is 1. The molecule has 2 nitrogen and oxygen atoms in total. The second kappa shape index (κ2) is 5.60. The SMILES string of the molecule is NCc1ccccc1COc1cc(F)cc(F)c1. The molecule has 0 spiro atoms. The highest BCUT2D eigenvalue weighted by Gasteiger charge is 2.04. The van der Waals surface area contributed by atoms with Gasteiger partial charge in [0.1, 0.15) is 24.0 Å². The largest absolute Gasteiger partial charge is 0.489 e. The van der Waals surface area contributed by atoms with Crippen molar-refractivity contribution in [2.24, 2.45) is 5.73 Å². The summed E-state index contributed by atoms with van der Waals surface area (Å²) in [7, 11) is 0. The Labute approximate surface area is 104 Å². The Morgan fingerprint density at radius 3 is 2.17 bits per heavy atom. The molecule has 2 N–H and O–H groups in total. The minimum absolute atomic E-state index is 0.166. The number of rotatable bonds is 4. The fourth-order valence-corrected chi connectivity index (χ4v) is 1.67. The van der Waals surface area contributed by atoms with Crippen LogP contribution in [0.15, 0.2) is 42.5 Å². The van der Waals surface area contributed by atoms with Crippen molar-refractivity contribution in [3.8, 4) is 5.75 Å². The highest BCUT2D eigenvalue weighted by atomic mass is 19.1. The Kier molecular flexibility index (Phi) is 3.89. The van der Waals surface area contributed by atoms with Crippen LogP contribution in [0.25, 0.3) is 0 Å². The summed E-state index contributed by atoms with van der Waals surface area (Å²) in [5, 5.41) is 0. The van der Waals surface area contributed by atoms with Crippen molar-refractivity contribution in [3.05, 3.63) is 65.2 Å². The molecule has 0 atom stereocenters. The number of nitrogens with two attached hydrogens (primary N) is 1. The van der Waals surface area contributed by atoms with E-state index in [0.29, 0.717) is 6.54 Å². The third-order valence-corrected chi connectivity index (χ3v) is 2.57. The third-order valence-electron chi connectivity index (χ3n) is 2.57. The Hall–Kier alpha value is -1.94. The van der Waals surface area contributed by atoms with Crippen molar-refractivity contribution in [2.75, 3.05) is 0 Å². The zero-order valence-corrected chi connectivity index (χ0v) is 9.70. The molecule has 0 saturated carbocycles. The van der Waals surface area contributed by atoms with Gasteiger partial charge in [0.05, 0.1) is 0 Å². The Balaban J connectivity index is 2.11. The van der Waals surface area contributed by atoms with E-state index in [2.05, 4.69) is 0 Å². The summed E-state index contributed by atoms with van der Waals surface area (Å²) in [5.41, 5.74) is 7.45. The topological polar surface area (TPSA) is 35.2 Å². The predicted octanol–water partition coefficient (Wildman–Crippen LogP) is 3.00. The molecule has 0 heterocycles. The molecule has 2 aromatic carbocycles. The molecular formula is C14H13F2NO. The average molecular weight is 249 g/mol. The molecular weight excluding hydrogens is 236 g/mol. The second-order valence-corrected chi connectivity index (χ2v) is 3.87. The van der Waals surface area contributed by atoms with Gasteiger partial charge in [0.2, 0.25) is 0 Å². The van der Waals surface area contributed by atoms with E-state index in [9.17, 15) is 8.78 Å². The molecule has 2 aromatic rings. The lowest BCUT2D eigenvalue weighted by Gasteiger charge is -2.10. The lowest BCUT2D eigenvalue weighted by molar-refractivity contribution is 0.301. The van der Waals surface area contributed by atoms with Crippen molar-refractivity contribution in [1.82, 2.24) is 0 Å². The monoisotopic (exact) mass is 249 g/mol. The van der Waals surface area contributed by atoms with Crippen LogP contribution in [0.3, 0.4) is 0 Å². The number of halogens is 2. The molecule has 18 heavy (non-hydrogen) atoms. The first-order valence-electron chi connectivity index (χ1n) is 5.55. The summed E-state index contributed by atoms with van der Waals surface area (Å²) in [6.45, 7) is 0.632. The lowest BCUT2D eigenvalue weighted by Crippen LogP contribution is -2.04. The molecule has 0 aromatic heterocycles. The van der Waals surface area contributed by atoms with Crippen LogP contribution < -0.4 is 10.5 Å². The van der Waals surface area contributed by atoms with Gasteiger partial charge in [-0.05, 0) is 11.1 Å². The van der Waals surface area contributed by atoms with Crippen LogP contribution in [-0.2, 0) is 13.2 Å². The van der Waals surface area contributed by atoms with Gasteiger partial charge in [0, 0.05) is 24.7 Å². The van der Waals surface area contributed by atoms with Gasteiger partial charge >= 0.3 is 0 Å². The van der Waals surface area contributed by atoms with E-state index in [0.717, 1.165) is 29.3 Å². The number of ether oxygens (including phenoxy) is 1. The van der Waals surface area contributed by atoms with Crippen LogP contribution in [0.4, 0.5) is 8.78 Å². The predicted molar refractivity (Wildman–Crippen MR) is 65.0 cm³/mol. The van der Waals surface area contributed by atoms with Crippen molar-refractivity contribution >= 4 is 0 Å². The van der Waals surface area contributed by atoms with Gasteiger partial charge in [0.15, 0.2) is 0 Å². The van der Waals surface area contributed by atoms with E-state index in [1.165, 1.54) is 0 Å². The van der Waals surface area contributed by atoms with Crippen molar-refractivity contribution < 1.29 is 13.5 Å². The van der Waals surface area contributed by atoms with Crippen LogP contribution in [0.1, 0.15) is 11.1 Å². The molecule has 0 aliphatic carbocycles. The molecule has 0 fully saturated rings. The molecule has 0 aliphatic rings. The molecule has 0 bridgehead atoms. The van der Waals surface area contributed by atoms with Crippen LogP contribution >= 0.6 is 0 Å². The molecule has 0 saturated heterocycles. The highest BCUT2D eigenvalue weighted by Crippen LogP contribution is 2.18. The van der Waals surface area contributed by atoms with E-state index in [4.69, 9.17) is 10.5 Å². The van der Waals surface area contributed by atoms with Crippen molar-refractivity contribution in [3.63, 3.8) is 0 Å². The molecule has 0 aliphatic heterocycles. The molecule has 0 amide bonds. The summed E-state index contributed by atoms with van der Waals surface area (Å²) in [6, 6.07) is 10.6. The molecule has 4 heteroatoms. The second-order valence-electron chi connectivity index (χ2n) is 3.87. The lowest BCUT2D eigenvalue weighted by atomic mass is 10.1. The molecule has 94 valence electrons. The van der Waals surface area contributed by atoms with Gasteiger partial charge in [-0.1, -0.05) is 24.3 Å². The van der Waals surface area contributed by atoms with Gasteiger partial charge in [-0.2, -0.15) is 0 Å². The average Bonchev–Trinajstić information content (AvgIpc) is 2.35. The number of hydrogen-bond acceptors (Lipinski definition) is 2. The molecule has 0 unspecified atom stereocenters. The minimum atomic E-state index is -0.655. The van der Waals surface area contributed by atoms with E-state index in [1.54, 1.807) is 0 Å². The fraction of sp³-hybridized carbons (Fsp3) is 0.143. The zero-order valence-electron chi connectivity index (χ0n) is 9.70. The summed E-state index contributed by atoms with van der Waals surface area (Å²) in [6.07, 6.45) is 0. The van der Waals surface area contributed by atoms with Crippen LogP contribution in [0.5, 0.6) is 5.75 Å². The van der Waals surface area contributed by atoms with E-state index in [1.807, 2.05) is 24.3 Å². The fourth-order valence-electron chi connectivity index (χ4n) is 1.67. The Morgan fingerprint density at radius 2 is 1.56 bits per heavy atom. The van der Waals surface area contributed by atoms with Crippen LogP contribution in [0.2, 0.25) is 0 Å². The van der Waals surface area contributed by atoms with Crippen LogP contribution in [-0.4, -0.2) is 0 Å². The quantitative estimate of drug-likeness (QED) is 0.904. The van der Waals surface area contributed by atoms with Crippen molar-refractivity contribution in [1.29, 1.82) is 0 Å². The van der Waals surface area contributed by atoms with Crippen molar-refractivity contribution in [2.45, 2.75) is 13.2 Å². The van der Waals surface area contributed by atoms with Gasteiger partial charge in [-0.3, -0.25) is 0 Å². The van der Waals surface area contributed by atoms with E-state index < -0.39 is 11.6 Å². The smallest absolute Gasteiger partial charge is 0.129 e. The van der Waals surface area contributed by atoms with Gasteiger partial charge in [-0.25, -0.2) is 8.78 Å². The van der Waals surface area contributed by atoms with E-state index >= 15 is 0 Å². The van der Waals surface area contributed by atoms with E-state index in [-0.39, 0.29) is 12.4 Å². The molecule has 2 rings (SSSR count). The maximum atomic E-state index is 13.0. The third kappa shape index (κ3) is 3.05.